The van der Waals surface area contributed by atoms with Crippen LogP contribution in [-0.4, -0.2) is 24.7 Å². The minimum Gasteiger partial charge on any atom is -0.395 e. The lowest BCUT2D eigenvalue weighted by Gasteiger charge is -2.11. The van der Waals surface area contributed by atoms with Crippen LogP contribution >= 0.6 is 33.3 Å². The molecule has 0 aromatic carbocycles. The molecule has 0 spiro atoms. The van der Waals surface area contributed by atoms with E-state index in [-0.39, 0.29) is 3.57 Å². The van der Waals surface area contributed by atoms with Gasteiger partial charge in [-0.25, -0.2) is 13.4 Å². The topological polar surface area (TPSA) is 99.4 Å². The monoisotopic (exact) mass is 432 g/mol. The van der Waals surface area contributed by atoms with Crippen molar-refractivity contribution in [1.29, 1.82) is 0 Å². The van der Waals surface area contributed by atoms with Gasteiger partial charge < -0.3 is 4.74 Å². The Kier molecular flexibility index (Phi) is 4.46. The molecule has 0 aliphatic carbocycles. The van der Waals surface area contributed by atoms with Crippen LogP contribution in [0.1, 0.15) is 0 Å². The lowest BCUT2D eigenvalue weighted by atomic mass is 10.4. The minimum absolute atomic E-state index is 0.342. The highest BCUT2D eigenvalue weighted by Crippen LogP contribution is 2.40. The number of pyridine rings is 1. The second-order valence-electron chi connectivity index (χ2n) is 2.83. The molecule has 0 fully saturated rings. The first-order valence-electron chi connectivity index (χ1n) is 3.97. The molecule has 0 amide bonds. The van der Waals surface area contributed by atoms with Gasteiger partial charge in [0, 0.05) is 16.9 Å². The zero-order chi connectivity index (χ0) is 15.0. The van der Waals surface area contributed by atoms with Crippen LogP contribution < -0.4 is 4.74 Å². The average Bonchev–Trinajstić information content (AvgIpc) is 2.11. The summed E-state index contributed by atoms with van der Waals surface area (Å²) in [6.07, 6.45) is -4.65. The molecule has 1 aromatic rings. The van der Waals surface area contributed by atoms with E-state index in [0.29, 0.717) is 6.20 Å². The summed E-state index contributed by atoms with van der Waals surface area (Å²) in [5, 5.41) is 9.32. The second-order valence-corrected chi connectivity index (χ2v) is 6.48. The average molecular weight is 433 g/mol. The summed E-state index contributed by atoms with van der Waals surface area (Å²) < 4.78 is 61.6. The molecule has 0 saturated carbocycles. The van der Waals surface area contributed by atoms with E-state index in [1.165, 1.54) is 22.6 Å². The zero-order valence-electron chi connectivity index (χ0n) is 8.31. The van der Waals surface area contributed by atoms with Crippen molar-refractivity contribution in [2.45, 2.75) is 11.4 Å². The van der Waals surface area contributed by atoms with Gasteiger partial charge in [0.25, 0.3) is 9.05 Å². The Balaban J connectivity index is 3.69. The first-order chi connectivity index (χ1) is 8.43. The van der Waals surface area contributed by atoms with Crippen LogP contribution in [0.4, 0.5) is 18.9 Å². The Hall–Kier alpha value is -0.890. The molecule has 1 aromatic heterocycles. The molecule has 19 heavy (non-hydrogen) atoms. The molecule has 106 valence electrons. The predicted octanol–water partition coefficient (Wildman–Crippen LogP) is 2.42. The third kappa shape index (κ3) is 4.04. The van der Waals surface area contributed by atoms with Gasteiger partial charge in [0.05, 0.1) is 4.92 Å². The van der Waals surface area contributed by atoms with Gasteiger partial charge in [-0.05, 0) is 22.6 Å². The van der Waals surface area contributed by atoms with Gasteiger partial charge in [-0.15, -0.1) is 13.2 Å². The normalized spacial score (nSPS) is 12.3. The van der Waals surface area contributed by atoms with E-state index in [0.717, 1.165) is 0 Å². The van der Waals surface area contributed by atoms with Crippen molar-refractivity contribution < 1.29 is 31.2 Å². The Labute approximate surface area is 121 Å². The summed E-state index contributed by atoms with van der Waals surface area (Å²) in [7, 11) is 0.109. The smallest absolute Gasteiger partial charge is 0.395 e. The number of aromatic nitrogens is 1. The first-order valence-corrected chi connectivity index (χ1v) is 7.35. The summed E-state index contributed by atoms with van der Waals surface area (Å²) in [5.74, 6) is -1.57. The molecular weight excluding hydrogens is 431 g/mol. The van der Waals surface area contributed by atoms with Crippen molar-refractivity contribution in [3.63, 3.8) is 0 Å². The molecular formula is C6HClF3IN2O5S. The second kappa shape index (κ2) is 5.24. The standard InChI is InChI=1S/C6HClF3IN2O5S/c7-19(16,17)5-4(18-6(8,9)10)3(13(14)15)2(11)1-12-5/h1H. The SMILES string of the molecule is O=[N+]([O-])c1c(I)cnc(S(=O)(=O)Cl)c1OC(F)(F)F. The van der Waals surface area contributed by atoms with Crippen molar-refractivity contribution in [2.75, 3.05) is 0 Å². The van der Waals surface area contributed by atoms with Crippen molar-refractivity contribution in [1.82, 2.24) is 4.98 Å². The molecule has 13 heteroatoms. The fourth-order valence-electron chi connectivity index (χ4n) is 0.996. The molecule has 0 saturated heterocycles. The molecule has 1 heterocycles. The fraction of sp³-hybridized carbons (Fsp3) is 0.167. The molecule has 0 unspecified atom stereocenters. The number of nitro groups is 1. The Morgan fingerprint density at radius 2 is 2.00 bits per heavy atom. The maximum atomic E-state index is 12.2. The van der Waals surface area contributed by atoms with Gasteiger partial charge in [-0.1, -0.05) is 0 Å². The molecule has 0 atom stereocenters. The number of alkyl halides is 3. The van der Waals surface area contributed by atoms with Crippen molar-refractivity contribution >= 4 is 48.0 Å². The number of nitrogens with zero attached hydrogens (tertiary/aromatic N) is 2. The highest BCUT2D eigenvalue weighted by Gasteiger charge is 2.40. The van der Waals surface area contributed by atoms with Crippen LogP contribution in [0.5, 0.6) is 5.75 Å². The molecule has 0 aliphatic rings. The third-order valence-electron chi connectivity index (χ3n) is 1.56. The van der Waals surface area contributed by atoms with Crippen LogP contribution in [-0.2, 0) is 9.05 Å². The van der Waals surface area contributed by atoms with E-state index >= 15 is 0 Å². The number of hydrogen-bond donors (Lipinski definition) is 0. The van der Waals surface area contributed by atoms with Gasteiger partial charge >= 0.3 is 12.0 Å². The van der Waals surface area contributed by atoms with E-state index in [1.54, 1.807) is 0 Å². The van der Waals surface area contributed by atoms with Crippen LogP contribution in [0.25, 0.3) is 0 Å². The number of hydrogen-bond acceptors (Lipinski definition) is 6. The number of ether oxygens (including phenoxy) is 1. The predicted molar refractivity (Wildman–Crippen MR) is 63.3 cm³/mol. The number of rotatable bonds is 3. The molecule has 0 bridgehead atoms. The third-order valence-corrected chi connectivity index (χ3v) is 3.54. The summed E-state index contributed by atoms with van der Waals surface area (Å²) in [5.41, 5.74) is -1.19. The number of halogens is 5. The van der Waals surface area contributed by atoms with E-state index in [2.05, 4.69) is 9.72 Å². The van der Waals surface area contributed by atoms with Crippen LogP contribution in [0, 0.1) is 13.7 Å². The van der Waals surface area contributed by atoms with Gasteiger partial charge in [0.2, 0.25) is 10.8 Å². The Bertz CT molecular complexity index is 634. The summed E-state index contributed by atoms with van der Waals surface area (Å²) in [6.45, 7) is 0. The quantitative estimate of drug-likeness (QED) is 0.315. The molecule has 0 aliphatic heterocycles. The highest BCUT2D eigenvalue weighted by molar-refractivity contribution is 14.1. The van der Waals surface area contributed by atoms with Crippen LogP contribution in [0.2, 0.25) is 0 Å². The molecule has 7 nitrogen and oxygen atoms in total. The summed E-state index contributed by atoms with van der Waals surface area (Å²) in [6, 6.07) is 0. The maximum Gasteiger partial charge on any atom is 0.573 e. The van der Waals surface area contributed by atoms with Crippen LogP contribution in [0.15, 0.2) is 11.2 Å². The largest absolute Gasteiger partial charge is 0.573 e. The molecule has 0 N–H and O–H groups in total. The Morgan fingerprint density at radius 1 is 1.47 bits per heavy atom. The van der Waals surface area contributed by atoms with Crippen molar-refractivity contribution in [3.8, 4) is 5.75 Å². The fourth-order valence-corrected chi connectivity index (χ4v) is 2.45. The van der Waals surface area contributed by atoms with Gasteiger partial charge in [0.1, 0.15) is 3.57 Å². The molecule has 0 radical (unpaired) electrons. The van der Waals surface area contributed by atoms with Crippen molar-refractivity contribution in [3.05, 3.63) is 19.9 Å². The van der Waals surface area contributed by atoms with Gasteiger partial charge in [-0.2, -0.15) is 0 Å². The first kappa shape index (κ1) is 16.2. The Morgan fingerprint density at radius 3 is 2.37 bits per heavy atom. The van der Waals surface area contributed by atoms with Gasteiger partial charge in [0.15, 0.2) is 0 Å². The molecule has 1 rings (SSSR count). The van der Waals surface area contributed by atoms with E-state index in [4.69, 9.17) is 10.7 Å². The van der Waals surface area contributed by atoms with E-state index < -0.39 is 36.8 Å². The van der Waals surface area contributed by atoms with E-state index in [1.807, 2.05) is 0 Å². The lowest BCUT2D eigenvalue weighted by Crippen LogP contribution is -2.20. The van der Waals surface area contributed by atoms with E-state index in [9.17, 15) is 31.7 Å². The zero-order valence-corrected chi connectivity index (χ0v) is 12.0. The summed E-state index contributed by atoms with van der Waals surface area (Å²) in [4.78, 5) is 12.6. The van der Waals surface area contributed by atoms with Gasteiger partial charge in [-0.3, -0.25) is 10.1 Å². The minimum atomic E-state index is -5.34. The highest BCUT2D eigenvalue weighted by atomic mass is 127. The lowest BCUT2D eigenvalue weighted by molar-refractivity contribution is -0.390. The maximum absolute atomic E-state index is 12.2. The van der Waals surface area contributed by atoms with Crippen LogP contribution in [0.3, 0.4) is 0 Å². The van der Waals surface area contributed by atoms with Crippen molar-refractivity contribution in [2.24, 2.45) is 0 Å². The summed E-state index contributed by atoms with van der Waals surface area (Å²) >= 11 is 1.31.